The Morgan fingerprint density at radius 3 is 2.04 bits per heavy atom. The molecule has 0 aromatic heterocycles. The molecule has 120 valence electrons. The Kier molecular flexibility index (Phi) is 4.49. The molecule has 0 unspecified atom stereocenters. The largest absolute Gasteiger partial charge is 0.0622 e. The molecule has 0 N–H and O–H groups in total. The van der Waals surface area contributed by atoms with Crippen LogP contribution < -0.4 is 0 Å². The molecule has 25 heavy (non-hydrogen) atoms. The summed E-state index contributed by atoms with van der Waals surface area (Å²) in [5.74, 6) is 0. The second kappa shape index (κ2) is 7.08. The van der Waals surface area contributed by atoms with E-state index in [0.29, 0.717) is 0 Å². The Balaban J connectivity index is 1.88. The van der Waals surface area contributed by atoms with E-state index in [-0.39, 0.29) is 0 Å². The molecule has 0 aliphatic heterocycles. The van der Waals surface area contributed by atoms with Crippen LogP contribution in [0.25, 0.3) is 22.4 Å². The lowest BCUT2D eigenvalue weighted by Crippen LogP contribution is -1.89. The summed E-state index contributed by atoms with van der Waals surface area (Å²) in [6.45, 7) is 0. The third kappa shape index (κ3) is 3.57. The fraction of sp³-hybridized carbons (Fsp3) is 0. The van der Waals surface area contributed by atoms with Crippen molar-refractivity contribution in [1.82, 2.24) is 0 Å². The standard InChI is InChI=1S/C24H17Br/c25-23-14-10-18(11-15-23)16-24(20-7-2-1-3-8-20)22-13-12-19-6-4-5-9-21(19)17-22/h1-17H/b24-16+. The molecule has 0 nitrogen and oxygen atoms in total. The number of halogens is 1. The molecule has 0 amide bonds. The molecule has 0 atom stereocenters. The summed E-state index contributed by atoms with van der Waals surface area (Å²) in [4.78, 5) is 0. The van der Waals surface area contributed by atoms with Gasteiger partial charge in [-0.1, -0.05) is 94.8 Å². The fourth-order valence-electron chi connectivity index (χ4n) is 3.03. The quantitative estimate of drug-likeness (QED) is 0.327. The van der Waals surface area contributed by atoms with Gasteiger partial charge in [0.05, 0.1) is 0 Å². The summed E-state index contributed by atoms with van der Waals surface area (Å²) < 4.78 is 1.09. The summed E-state index contributed by atoms with van der Waals surface area (Å²) in [5.41, 5.74) is 4.87. The molecule has 4 aromatic rings. The summed E-state index contributed by atoms with van der Waals surface area (Å²) in [7, 11) is 0. The van der Waals surface area contributed by atoms with Crippen molar-refractivity contribution in [2.45, 2.75) is 0 Å². The Bertz CT molecular complexity index is 1030. The highest BCUT2D eigenvalue weighted by Crippen LogP contribution is 2.29. The van der Waals surface area contributed by atoms with Gasteiger partial charge >= 0.3 is 0 Å². The molecule has 4 aromatic carbocycles. The van der Waals surface area contributed by atoms with Crippen LogP contribution in [0.1, 0.15) is 16.7 Å². The van der Waals surface area contributed by atoms with Gasteiger partial charge in [0.2, 0.25) is 0 Å². The lowest BCUT2D eigenvalue weighted by atomic mass is 9.94. The van der Waals surface area contributed by atoms with Crippen LogP contribution in [0.2, 0.25) is 0 Å². The van der Waals surface area contributed by atoms with Gasteiger partial charge in [-0.3, -0.25) is 0 Å². The summed E-state index contributed by atoms with van der Waals surface area (Å²) in [6.07, 6.45) is 2.26. The van der Waals surface area contributed by atoms with Crippen LogP contribution in [-0.2, 0) is 0 Å². The highest BCUT2D eigenvalue weighted by Gasteiger charge is 2.06. The van der Waals surface area contributed by atoms with Crippen LogP contribution in [-0.4, -0.2) is 0 Å². The van der Waals surface area contributed by atoms with Gasteiger partial charge in [-0.2, -0.15) is 0 Å². The first-order chi connectivity index (χ1) is 12.3. The predicted molar refractivity (Wildman–Crippen MR) is 112 cm³/mol. The highest BCUT2D eigenvalue weighted by atomic mass is 79.9. The molecule has 0 bridgehead atoms. The van der Waals surface area contributed by atoms with Crippen LogP contribution >= 0.6 is 15.9 Å². The number of rotatable bonds is 3. The van der Waals surface area contributed by atoms with Gasteiger partial charge in [0, 0.05) is 4.47 Å². The first kappa shape index (κ1) is 15.9. The van der Waals surface area contributed by atoms with E-state index < -0.39 is 0 Å². The van der Waals surface area contributed by atoms with Crippen LogP contribution in [0.15, 0.2) is 102 Å². The van der Waals surface area contributed by atoms with Crippen LogP contribution in [0.5, 0.6) is 0 Å². The van der Waals surface area contributed by atoms with Gasteiger partial charge in [-0.15, -0.1) is 0 Å². The number of benzene rings is 4. The average Bonchev–Trinajstić information content (AvgIpc) is 2.68. The SMILES string of the molecule is Brc1ccc(/C=C(\c2ccccc2)c2ccc3ccccc3c2)cc1. The van der Waals surface area contributed by atoms with E-state index in [1.165, 1.54) is 33.0 Å². The number of fused-ring (bicyclic) bond motifs is 1. The van der Waals surface area contributed by atoms with Crippen LogP contribution in [0.3, 0.4) is 0 Å². The molecule has 0 heterocycles. The second-order valence-electron chi connectivity index (χ2n) is 6.04. The average molecular weight is 385 g/mol. The topological polar surface area (TPSA) is 0 Å². The normalized spacial score (nSPS) is 11.6. The maximum atomic E-state index is 3.51. The Labute approximate surface area is 156 Å². The summed E-state index contributed by atoms with van der Waals surface area (Å²) >= 11 is 3.51. The molecule has 0 saturated carbocycles. The fourth-order valence-corrected chi connectivity index (χ4v) is 3.30. The highest BCUT2D eigenvalue weighted by molar-refractivity contribution is 9.10. The van der Waals surface area contributed by atoms with E-state index in [9.17, 15) is 0 Å². The van der Waals surface area contributed by atoms with Crippen molar-refractivity contribution in [1.29, 1.82) is 0 Å². The predicted octanol–water partition coefficient (Wildman–Crippen LogP) is 7.19. The second-order valence-corrected chi connectivity index (χ2v) is 6.95. The van der Waals surface area contributed by atoms with E-state index in [0.717, 1.165) is 4.47 Å². The number of hydrogen-bond donors (Lipinski definition) is 0. The minimum absolute atomic E-state index is 1.09. The van der Waals surface area contributed by atoms with Crippen molar-refractivity contribution in [2.75, 3.05) is 0 Å². The summed E-state index contributed by atoms with van der Waals surface area (Å²) in [5, 5.41) is 2.53. The maximum absolute atomic E-state index is 3.51. The third-order valence-corrected chi connectivity index (χ3v) is 4.85. The molecule has 0 radical (unpaired) electrons. The van der Waals surface area contributed by atoms with Crippen molar-refractivity contribution >= 4 is 38.4 Å². The van der Waals surface area contributed by atoms with E-state index in [1.54, 1.807) is 0 Å². The van der Waals surface area contributed by atoms with Crippen molar-refractivity contribution in [3.05, 3.63) is 118 Å². The third-order valence-electron chi connectivity index (χ3n) is 4.33. The zero-order valence-electron chi connectivity index (χ0n) is 13.7. The lowest BCUT2D eigenvalue weighted by Gasteiger charge is -2.10. The molecule has 0 spiro atoms. The van der Waals surface area contributed by atoms with E-state index >= 15 is 0 Å². The Morgan fingerprint density at radius 2 is 1.28 bits per heavy atom. The lowest BCUT2D eigenvalue weighted by molar-refractivity contribution is 1.56. The smallest absolute Gasteiger partial charge is 0.0175 e. The molecule has 4 rings (SSSR count). The van der Waals surface area contributed by atoms with E-state index in [1.807, 2.05) is 0 Å². The van der Waals surface area contributed by atoms with Gasteiger partial charge in [-0.05, 0) is 57.3 Å². The van der Waals surface area contributed by atoms with Crippen LogP contribution in [0.4, 0.5) is 0 Å². The molecule has 0 saturated heterocycles. The molecule has 1 heteroatoms. The van der Waals surface area contributed by atoms with Crippen LogP contribution in [0, 0.1) is 0 Å². The molecule has 0 fully saturated rings. The zero-order chi connectivity index (χ0) is 17.1. The van der Waals surface area contributed by atoms with Gasteiger partial charge in [0.1, 0.15) is 0 Å². The van der Waals surface area contributed by atoms with Gasteiger partial charge < -0.3 is 0 Å². The maximum Gasteiger partial charge on any atom is 0.0175 e. The minimum Gasteiger partial charge on any atom is -0.0622 e. The van der Waals surface area contributed by atoms with E-state index in [2.05, 4.69) is 119 Å². The van der Waals surface area contributed by atoms with Gasteiger partial charge in [-0.25, -0.2) is 0 Å². The zero-order valence-corrected chi connectivity index (χ0v) is 15.3. The first-order valence-corrected chi connectivity index (χ1v) is 9.11. The minimum atomic E-state index is 1.09. The monoisotopic (exact) mass is 384 g/mol. The Hall–Kier alpha value is -2.64. The van der Waals surface area contributed by atoms with Gasteiger partial charge in [0.25, 0.3) is 0 Å². The molecule has 0 aliphatic carbocycles. The van der Waals surface area contributed by atoms with Gasteiger partial charge in [0.15, 0.2) is 0 Å². The van der Waals surface area contributed by atoms with Crippen molar-refractivity contribution in [3.8, 4) is 0 Å². The molecular formula is C24H17Br. The summed E-state index contributed by atoms with van der Waals surface area (Å²) in [6, 6.07) is 34.2. The van der Waals surface area contributed by atoms with E-state index in [4.69, 9.17) is 0 Å². The first-order valence-electron chi connectivity index (χ1n) is 8.31. The number of hydrogen-bond acceptors (Lipinski definition) is 0. The van der Waals surface area contributed by atoms with Crippen molar-refractivity contribution < 1.29 is 0 Å². The Morgan fingerprint density at radius 1 is 0.600 bits per heavy atom. The van der Waals surface area contributed by atoms with Crippen molar-refractivity contribution in [3.63, 3.8) is 0 Å². The molecular weight excluding hydrogens is 368 g/mol. The molecule has 0 aliphatic rings. The van der Waals surface area contributed by atoms with Crippen molar-refractivity contribution in [2.24, 2.45) is 0 Å².